The van der Waals surface area contributed by atoms with Gasteiger partial charge in [-0.1, -0.05) is 0 Å². The third-order valence-corrected chi connectivity index (χ3v) is 2.10. The molecule has 1 aromatic carbocycles. The van der Waals surface area contributed by atoms with E-state index in [-0.39, 0.29) is 0 Å². The second-order valence-electron chi connectivity index (χ2n) is 3.05. The molecular weight excluding hydrogens is 178 g/mol. The molecule has 14 heavy (non-hydrogen) atoms. The van der Waals surface area contributed by atoms with E-state index >= 15 is 0 Å². The summed E-state index contributed by atoms with van der Waals surface area (Å²) in [5.74, 6) is 1.53. The van der Waals surface area contributed by atoms with Gasteiger partial charge in [-0.2, -0.15) is 0 Å². The number of hydrogen-bond donors (Lipinski definition) is 1. The minimum atomic E-state index is 0.758. The second kappa shape index (κ2) is 4.74. The molecule has 3 nitrogen and oxygen atoms in total. The van der Waals surface area contributed by atoms with Gasteiger partial charge in [0.2, 0.25) is 0 Å². The molecule has 0 aliphatic heterocycles. The average molecular weight is 195 g/mol. The summed E-state index contributed by atoms with van der Waals surface area (Å²) in [4.78, 5) is 0. The molecule has 0 unspecified atom stereocenters. The molecule has 0 atom stereocenters. The number of aryl methyl sites for hydroxylation is 1. The number of nitrogens with one attached hydrogen (secondary N) is 1. The third-order valence-electron chi connectivity index (χ3n) is 2.10. The summed E-state index contributed by atoms with van der Waals surface area (Å²) in [7, 11) is 3.28. The lowest BCUT2D eigenvalue weighted by Crippen LogP contribution is -2.00. The third kappa shape index (κ3) is 2.10. The SMILES string of the molecule is CCNc1cc(OC)c(OC)cc1C. The van der Waals surface area contributed by atoms with E-state index in [1.54, 1.807) is 14.2 Å². The van der Waals surface area contributed by atoms with Gasteiger partial charge in [0.05, 0.1) is 14.2 Å². The first-order valence-electron chi connectivity index (χ1n) is 4.69. The zero-order valence-corrected chi connectivity index (χ0v) is 9.18. The molecule has 0 spiro atoms. The lowest BCUT2D eigenvalue weighted by atomic mass is 10.1. The van der Waals surface area contributed by atoms with Crippen molar-refractivity contribution in [3.8, 4) is 11.5 Å². The number of anilines is 1. The summed E-state index contributed by atoms with van der Waals surface area (Å²) in [5, 5.41) is 3.27. The Hall–Kier alpha value is -1.38. The Morgan fingerprint density at radius 2 is 1.71 bits per heavy atom. The van der Waals surface area contributed by atoms with Crippen LogP contribution >= 0.6 is 0 Å². The molecule has 1 N–H and O–H groups in total. The van der Waals surface area contributed by atoms with Gasteiger partial charge in [0.25, 0.3) is 0 Å². The Morgan fingerprint density at radius 1 is 1.14 bits per heavy atom. The normalized spacial score (nSPS) is 9.71. The Morgan fingerprint density at radius 3 is 2.21 bits per heavy atom. The quantitative estimate of drug-likeness (QED) is 0.800. The highest BCUT2D eigenvalue weighted by molar-refractivity contribution is 5.60. The molecule has 0 amide bonds. The Balaban J connectivity index is 3.09. The minimum absolute atomic E-state index is 0.758. The molecule has 1 rings (SSSR count). The maximum atomic E-state index is 5.21. The average Bonchev–Trinajstić information content (AvgIpc) is 2.20. The van der Waals surface area contributed by atoms with E-state index in [1.807, 2.05) is 19.1 Å². The van der Waals surface area contributed by atoms with Gasteiger partial charge >= 0.3 is 0 Å². The summed E-state index contributed by atoms with van der Waals surface area (Å²) >= 11 is 0. The van der Waals surface area contributed by atoms with E-state index in [0.29, 0.717) is 0 Å². The first kappa shape index (κ1) is 10.7. The van der Waals surface area contributed by atoms with Crippen LogP contribution in [0.2, 0.25) is 0 Å². The van der Waals surface area contributed by atoms with Crippen molar-refractivity contribution in [2.24, 2.45) is 0 Å². The highest BCUT2D eigenvalue weighted by Crippen LogP contribution is 2.32. The molecular formula is C11H17NO2. The van der Waals surface area contributed by atoms with Crippen molar-refractivity contribution in [1.29, 1.82) is 0 Å². The van der Waals surface area contributed by atoms with Crippen LogP contribution in [0.15, 0.2) is 12.1 Å². The molecule has 0 aliphatic carbocycles. The van der Waals surface area contributed by atoms with Crippen LogP contribution in [0, 0.1) is 6.92 Å². The molecule has 0 aromatic heterocycles. The first-order valence-corrected chi connectivity index (χ1v) is 4.69. The fourth-order valence-electron chi connectivity index (χ4n) is 1.36. The van der Waals surface area contributed by atoms with Crippen molar-refractivity contribution < 1.29 is 9.47 Å². The molecule has 0 aliphatic rings. The molecule has 0 saturated carbocycles. The van der Waals surface area contributed by atoms with Crippen LogP contribution in [0.3, 0.4) is 0 Å². The molecule has 0 fully saturated rings. The summed E-state index contributed by atoms with van der Waals surface area (Å²) in [5.41, 5.74) is 2.25. The van der Waals surface area contributed by atoms with Gasteiger partial charge in [0, 0.05) is 18.3 Å². The summed E-state index contributed by atoms with van der Waals surface area (Å²) in [6, 6.07) is 3.93. The van der Waals surface area contributed by atoms with Gasteiger partial charge in [-0.15, -0.1) is 0 Å². The molecule has 0 saturated heterocycles. The fourth-order valence-corrected chi connectivity index (χ4v) is 1.36. The summed E-state index contributed by atoms with van der Waals surface area (Å²) < 4.78 is 10.4. The topological polar surface area (TPSA) is 30.5 Å². The van der Waals surface area contributed by atoms with E-state index in [0.717, 1.165) is 29.3 Å². The number of methoxy groups -OCH3 is 2. The smallest absolute Gasteiger partial charge is 0.162 e. The van der Waals surface area contributed by atoms with E-state index < -0.39 is 0 Å². The molecule has 0 bridgehead atoms. The van der Waals surface area contributed by atoms with Crippen molar-refractivity contribution >= 4 is 5.69 Å². The van der Waals surface area contributed by atoms with E-state index in [2.05, 4.69) is 12.2 Å². The van der Waals surface area contributed by atoms with Crippen molar-refractivity contribution in [2.45, 2.75) is 13.8 Å². The number of benzene rings is 1. The fraction of sp³-hybridized carbons (Fsp3) is 0.455. The van der Waals surface area contributed by atoms with Gasteiger partial charge in [-0.25, -0.2) is 0 Å². The number of rotatable bonds is 4. The lowest BCUT2D eigenvalue weighted by molar-refractivity contribution is 0.355. The molecule has 78 valence electrons. The lowest BCUT2D eigenvalue weighted by Gasteiger charge is -2.13. The van der Waals surface area contributed by atoms with Gasteiger partial charge in [0.15, 0.2) is 11.5 Å². The van der Waals surface area contributed by atoms with Crippen molar-refractivity contribution in [1.82, 2.24) is 0 Å². The van der Waals surface area contributed by atoms with Crippen LogP contribution in [0.1, 0.15) is 12.5 Å². The molecule has 3 heteroatoms. The van der Waals surface area contributed by atoms with Crippen LogP contribution in [-0.2, 0) is 0 Å². The van der Waals surface area contributed by atoms with Crippen molar-refractivity contribution in [3.63, 3.8) is 0 Å². The zero-order chi connectivity index (χ0) is 10.6. The van der Waals surface area contributed by atoms with Gasteiger partial charge in [-0.05, 0) is 25.5 Å². The Bertz CT molecular complexity index is 310. The molecule has 1 aromatic rings. The van der Waals surface area contributed by atoms with Crippen molar-refractivity contribution in [3.05, 3.63) is 17.7 Å². The highest BCUT2D eigenvalue weighted by Gasteiger charge is 2.07. The van der Waals surface area contributed by atoms with E-state index in [1.165, 1.54) is 0 Å². The Kier molecular flexibility index (Phi) is 3.63. The van der Waals surface area contributed by atoms with E-state index in [4.69, 9.17) is 9.47 Å². The van der Waals surface area contributed by atoms with Gasteiger partial charge in [-0.3, -0.25) is 0 Å². The van der Waals surface area contributed by atoms with Gasteiger partial charge in [0.1, 0.15) is 0 Å². The van der Waals surface area contributed by atoms with Crippen LogP contribution < -0.4 is 14.8 Å². The van der Waals surface area contributed by atoms with Crippen LogP contribution in [0.5, 0.6) is 11.5 Å². The standard InChI is InChI=1S/C11H17NO2/c1-5-12-9-7-11(14-4)10(13-3)6-8(9)2/h6-7,12H,5H2,1-4H3. The largest absolute Gasteiger partial charge is 0.493 e. The number of ether oxygens (including phenoxy) is 2. The van der Waals surface area contributed by atoms with Gasteiger partial charge < -0.3 is 14.8 Å². The monoisotopic (exact) mass is 195 g/mol. The number of hydrogen-bond acceptors (Lipinski definition) is 3. The molecule has 0 heterocycles. The maximum Gasteiger partial charge on any atom is 0.162 e. The predicted molar refractivity (Wildman–Crippen MR) is 58.4 cm³/mol. The Labute approximate surface area is 85.0 Å². The summed E-state index contributed by atoms with van der Waals surface area (Å²) in [6.45, 7) is 5.01. The molecule has 0 radical (unpaired) electrons. The minimum Gasteiger partial charge on any atom is -0.493 e. The van der Waals surface area contributed by atoms with Crippen molar-refractivity contribution in [2.75, 3.05) is 26.1 Å². The van der Waals surface area contributed by atoms with Crippen LogP contribution in [-0.4, -0.2) is 20.8 Å². The van der Waals surface area contributed by atoms with Crippen LogP contribution in [0.25, 0.3) is 0 Å². The van der Waals surface area contributed by atoms with Crippen LogP contribution in [0.4, 0.5) is 5.69 Å². The first-order chi connectivity index (χ1) is 6.72. The predicted octanol–water partition coefficient (Wildman–Crippen LogP) is 2.44. The zero-order valence-electron chi connectivity index (χ0n) is 9.18. The maximum absolute atomic E-state index is 5.21. The second-order valence-corrected chi connectivity index (χ2v) is 3.05. The highest BCUT2D eigenvalue weighted by atomic mass is 16.5. The summed E-state index contributed by atoms with van der Waals surface area (Å²) in [6.07, 6.45) is 0. The van der Waals surface area contributed by atoms with E-state index in [9.17, 15) is 0 Å².